The topological polar surface area (TPSA) is 105 Å². The van der Waals surface area contributed by atoms with Crippen LogP contribution in [-0.2, 0) is 4.74 Å². The Morgan fingerprint density at radius 3 is 2.89 bits per heavy atom. The van der Waals surface area contributed by atoms with E-state index in [0.29, 0.717) is 12.1 Å². The summed E-state index contributed by atoms with van der Waals surface area (Å²) in [6.45, 7) is 1.56. The summed E-state index contributed by atoms with van der Waals surface area (Å²) in [4.78, 5) is 10.3. The fourth-order valence-corrected chi connectivity index (χ4v) is 2.04. The number of aliphatic hydroxyl groups is 2. The van der Waals surface area contributed by atoms with Gasteiger partial charge in [0.1, 0.15) is 12.3 Å². The third-order valence-corrected chi connectivity index (χ3v) is 3.15. The molecule has 0 amide bonds. The van der Waals surface area contributed by atoms with Gasteiger partial charge in [0.05, 0.1) is 17.6 Å². The minimum atomic E-state index is -0.735. The van der Waals surface area contributed by atoms with Crippen LogP contribution in [0, 0.1) is 17.0 Å². The number of non-ortho nitro benzene ring substituents is 1. The van der Waals surface area contributed by atoms with Gasteiger partial charge < -0.3 is 20.3 Å². The van der Waals surface area contributed by atoms with Crippen molar-refractivity contribution in [2.45, 2.75) is 31.8 Å². The average molecular weight is 268 g/mol. The van der Waals surface area contributed by atoms with Gasteiger partial charge in [-0.3, -0.25) is 10.1 Å². The van der Waals surface area contributed by atoms with Crippen LogP contribution in [0.25, 0.3) is 0 Å². The number of nitro benzene ring substituents is 1. The van der Waals surface area contributed by atoms with E-state index in [0.717, 1.165) is 5.56 Å². The van der Waals surface area contributed by atoms with Crippen LogP contribution in [0.3, 0.4) is 0 Å². The molecule has 1 aliphatic heterocycles. The Hall–Kier alpha value is -1.70. The molecule has 0 bridgehead atoms. The molecule has 1 heterocycles. The van der Waals surface area contributed by atoms with Crippen molar-refractivity contribution >= 4 is 11.4 Å². The van der Waals surface area contributed by atoms with Crippen LogP contribution < -0.4 is 5.32 Å². The summed E-state index contributed by atoms with van der Waals surface area (Å²) >= 11 is 0. The van der Waals surface area contributed by atoms with Crippen molar-refractivity contribution in [3.05, 3.63) is 33.9 Å². The van der Waals surface area contributed by atoms with Gasteiger partial charge in [0.15, 0.2) is 0 Å². The van der Waals surface area contributed by atoms with Gasteiger partial charge in [-0.05, 0) is 12.5 Å². The Labute approximate surface area is 110 Å². The van der Waals surface area contributed by atoms with Gasteiger partial charge in [-0.15, -0.1) is 0 Å². The number of aliphatic hydroxyl groups excluding tert-OH is 2. The molecule has 7 heteroatoms. The van der Waals surface area contributed by atoms with Gasteiger partial charge >= 0.3 is 0 Å². The number of ether oxygens (including phenoxy) is 1. The second-order valence-corrected chi connectivity index (χ2v) is 4.55. The van der Waals surface area contributed by atoms with Gasteiger partial charge in [-0.1, -0.05) is 6.07 Å². The SMILES string of the molecule is Cc1ccc([N+](=O)[O-])cc1N[C@@H]1C[C@H](O)[C@@H](CO)O1. The van der Waals surface area contributed by atoms with Crippen LogP contribution in [0.2, 0.25) is 0 Å². The van der Waals surface area contributed by atoms with Crippen LogP contribution in [-0.4, -0.2) is 40.2 Å². The lowest BCUT2D eigenvalue weighted by Crippen LogP contribution is -2.25. The first-order valence-corrected chi connectivity index (χ1v) is 5.97. The number of hydrogen-bond acceptors (Lipinski definition) is 6. The van der Waals surface area contributed by atoms with Gasteiger partial charge in [0.25, 0.3) is 5.69 Å². The van der Waals surface area contributed by atoms with E-state index in [9.17, 15) is 15.2 Å². The first-order valence-electron chi connectivity index (χ1n) is 5.97. The molecule has 0 aromatic heterocycles. The number of aryl methyl sites for hydroxylation is 1. The fraction of sp³-hybridized carbons (Fsp3) is 0.500. The Kier molecular flexibility index (Phi) is 3.98. The van der Waals surface area contributed by atoms with E-state index in [4.69, 9.17) is 9.84 Å². The highest BCUT2D eigenvalue weighted by Crippen LogP contribution is 2.26. The van der Waals surface area contributed by atoms with E-state index in [1.807, 2.05) is 6.92 Å². The minimum absolute atomic E-state index is 0.00893. The fourth-order valence-electron chi connectivity index (χ4n) is 2.04. The molecule has 104 valence electrons. The summed E-state index contributed by atoms with van der Waals surface area (Å²) in [5, 5.41) is 32.3. The zero-order valence-electron chi connectivity index (χ0n) is 10.4. The summed E-state index contributed by atoms with van der Waals surface area (Å²) in [5.41, 5.74) is 1.42. The lowest BCUT2D eigenvalue weighted by Gasteiger charge is -2.16. The van der Waals surface area contributed by atoms with E-state index >= 15 is 0 Å². The van der Waals surface area contributed by atoms with Crippen LogP contribution in [0.1, 0.15) is 12.0 Å². The Balaban J connectivity index is 2.11. The Bertz CT molecular complexity index is 479. The van der Waals surface area contributed by atoms with E-state index in [2.05, 4.69) is 5.32 Å². The van der Waals surface area contributed by atoms with Crippen LogP contribution in [0.15, 0.2) is 18.2 Å². The second-order valence-electron chi connectivity index (χ2n) is 4.55. The number of rotatable bonds is 4. The lowest BCUT2D eigenvalue weighted by molar-refractivity contribution is -0.384. The zero-order valence-corrected chi connectivity index (χ0v) is 10.4. The number of hydrogen-bond donors (Lipinski definition) is 3. The van der Waals surface area contributed by atoms with E-state index in [1.54, 1.807) is 6.07 Å². The molecule has 1 aromatic carbocycles. The quantitative estimate of drug-likeness (QED) is 0.550. The van der Waals surface area contributed by atoms with Gasteiger partial charge in [0, 0.05) is 24.2 Å². The number of nitrogens with one attached hydrogen (secondary N) is 1. The molecule has 1 saturated heterocycles. The first kappa shape index (κ1) is 13.7. The van der Waals surface area contributed by atoms with Gasteiger partial charge in [-0.2, -0.15) is 0 Å². The van der Waals surface area contributed by atoms with Gasteiger partial charge in [-0.25, -0.2) is 0 Å². The Morgan fingerprint density at radius 1 is 1.58 bits per heavy atom. The maximum Gasteiger partial charge on any atom is 0.271 e. The van der Waals surface area contributed by atoms with Crippen molar-refractivity contribution in [3.8, 4) is 0 Å². The predicted molar refractivity (Wildman–Crippen MR) is 67.8 cm³/mol. The summed E-state index contributed by atoms with van der Waals surface area (Å²) in [6, 6.07) is 4.51. The first-order chi connectivity index (χ1) is 9.01. The molecule has 19 heavy (non-hydrogen) atoms. The summed E-state index contributed by atoms with van der Waals surface area (Å²) in [7, 11) is 0. The van der Waals surface area contributed by atoms with Crippen LogP contribution in [0.4, 0.5) is 11.4 Å². The molecule has 3 atom stereocenters. The van der Waals surface area contributed by atoms with Crippen molar-refractivity contribution in [3.63, 3.8) is 0 Å². The molecule has 0 radical (unpaired) electrons. The highest BCUT2D eigenvalue weighted by atomic mass is 16.6. The molecule has 1 aliphatic rings. The maximum absolute atomic E-state index is 10.7. The number of anilines is 1. The third-order valence-electron chi connectivity index (χ3n) is 3.15. The van der Waals surface area contributed by atoms with Crippen molar-refractivity contribution < 1.29 is 19.9 Å². The lowest BCUT2D eigenvalue weighted by atomic mass is 10.1. The van der Waals surface area contributed by atoms with Gasteiger partial charge in [0.2, 0.25) is 0 Å². The van der Waals surface area contributed by atoms with E-state index in [1.165, 1.54) is 12.1 Å². The molecule has 0 saturated carbocycles. The minimum Gasteiger partial charge on any atom is -0.394 e. The molecular formula is C12H16N2O5. The highest BCUT2D eigenvalue weighted by Gasteiger charge is 2.33. The number of nitrogens with zero attached hydrogens (tertiary/aromatic N) is 1. The molecule has 7 nitrogen and oxygen atoms in total. The molecule has 0 spiro atoms. The maximum atomic E-state index is 10.7. The summed E-state index contributed by atoms with van der Waals surface area (Å²) < 4.78 is 5.40. The second kappa shape index (κ2) is 5.52. The smallest absolute Gasteiger partial charge is 0.271 e. The Morgan fingerprint density at radius 2 is 2.32 bits per heavy atom. The molecular weight excluding hydrogens is 252 g/mol. The number of benzene rings is 1. The third kappa shape index (κ3) is 3.01. The molecule has 0 unspecified atom stereocenters. The largest absolute Gasteiger partial charge is 0.394 e. The van der Waals surface area contributed by atoms with Crippen LogP contribution >= 0.6 is 0 Å². The highest BCUT2D eigenvalue weighted by molar-refractivity contribution is 5.57. The monoisotopic (exact) mass is 268 g/mol. The normalized spacial score (nSPS) is 26.4. The summed E-state index contributed by atoms with van der Waals surface area (Å²) in [6.07, 6.45) is -1.49. The van der Waals surface area contributed by atoms with Crippen molar-refractivity contribution in [1.82, 2.24) is 0 Å². The van der Waals surface area contributed by atoms with E-state index in [-0.39, 0.29) is 12.3 Å². The van der Waals surface area contributed by atoms with Crippen molar-refractivity contribution in [2.24, 2.45) is 0 Å². The molecule has 1 fully saturated rings. The van der Waals surface area contributed by atoms with E-state index < -0.39 is 23.4 Å². The molecule has 3 N–H and O–H groups in total. The molecule has 0 aliphatic carbocycles. The average Bonchev–Trinajstić information content (AvgIpc) is 2.72. The number of nitro groups is 1. The van der Waals surface area contributed by atoms with Crippen molar-refractivity contribution in [1.29, 1.82) is 0 Å². The standard InChI is InChI=1S/C12H16N2O5/c1-7-2-3-8(14(17)18)4-9(7)13-12-5-10(16)11(6-15)19-12/h2-4,10-13,15-16H,5-6H2,1H3/t10-,11+,12-/m0/s1. The summed E-state index contributed by atoms with van der Waals surface area (Å²) in [5.74, 6) is 0. The predicted octanol–water partition coefficient (Wildman–Crippen LogP) is 0.783. The molecule has 1 aromatic rings. The van der Waals surface area contributed by atoms with Crippen molar-refractivity contribution in [2.75, 3.05) is 11.9 Å². The zero-order chi connectivity index (χ0) is 14.0. The van der Waals surface area contributed by atoms with Crippen LogP contribution in [0.5, 0.6) is 0 Å². The molecule has 2 rings (SSSR count).